The van der Waals surface area contributed by atoms with Gasteiger partial charge in [-0.2, -0.15) is 0 Å². The minimum Gasteiger partial charge on any atom is -0.462 e. The molecule has 0 radical (unpaired) electrons. The minimum absolute atomic E-state index is 0.0344. The predicted molar refractivity (Wildman–Crippen MR) is 136 cm³/mol. The largest absolute Gasteiger partial charge is 0.462 e. The Hall–Kier alpha value is -1.12. The van der Waals surface area contributed by atoms with E-state index in [4.69, 9.17) is 4.74 Å². The maximum atomic E-state index is 12.8. The number of hydrogen-bond donors (Lipinski definition) is 0. The Bertz CT molecular complexity index is 927. The second-order valence-corrected chi connectivity index (χ2v) is 14.4. The Kier molecular flexibility index (Phi) is 5.56. The molecule has 0 aromatic carbocycles. The zero-order valence-corrected chi connectivity index (χ0v) is 23.1. The zero-order chi connectivity index (χ0) is 24.8. The van der Waals surface area contributed by atoms with Crippen molar-refractivity contribution < 1.29 is 14.3 Å². The Labute approximate surface area is 207 Å². The van der Waals surface area contributed by atoms with Gasteiger partial charge in [0.25, 0.3) is 0 Å². The fourth-order valence-electron chi connectivity index (χ4n) is 10.1. The van der Waals surface area contributed by atoms with E-state index in [0.29, 0.717) is 29.5 Å². The van der Waals surface area contributed by atoms with Crippen molar-refractivity contribution in [2.24, 2.45) is 51.2 Å². The molecule has 0 aromatic heterocycles. The van der Waals surface area contributed by atoms with Crippen LogP contribution in [-0.2, 0) is 14.3 Å². The highest BCUT2D eigenvalue weighted by Gasteiger charge is 2.64. The van der Waals surface area contributed by atoms with Crippen LogP contribution in [0.3, 0.4) is 0 Å². The Morgan fingerprint density at radius 2 is 1.56 bits per heavy atom. The number of allylic oxidation sites excluding steroid dienone is 2. The highest BCUT2D eigenvalue weighted by atomic mass is 16.6. The molecule has 190 valence electrons. The van der Waals surface area contributed by atoms with Crippen molar-refractivity contribution >= 4 is 11.8 Å². The summed E-state index contributed by atoms with van der Waals surface area (Å²) < 4.78 is 6.01. The molecule has 5 rings (SSSR count). The Morgan fingerprint density at radius 3 is 2.21 bits per heavy atom. The molecule has 1 heterocycles. The van der Waals surface area contributed by atoms with Crippen molar-refractivity contribution in [1.82, 2.24) is 0 Å². The molecule has 0 amide bonds. The molecule has 3 fully saturated rings. The normalized spacial score (nSPS) is 46.7. The van der Waals surface area contributed by atoms with Crippen LogP contribution >= 0.6 is 0 Å². The Balaban J connectivity index is 1.46. The molecule has 8 atom stereocenters. The van der Waals surface area contributed by atoms with Crippen molar-refractivity contribution in [1.29, 1.82) is 0 Å². The maximum absolute atomic E-state index is 12.8. The minimum atomic E-state index is -0.195. The third-order valence-corrected chi connectivity index (χ3v) is 12.6. The van der Waals surface area contributed by atoms with Crippen LogP contribution in [0.5, 0.6) is 0 Å². The third kappa shape index (κ3) is 3.06. The highest BCUT2D eigenvalue weighted by Crippen LogP contribution is 2.72. The van der Waals surface area contributed by atoms with Crippen LogP contribution in [0.15, 0.2) is 11.1 Å². The van der Waals surface area contributed by atoms with Gasteiger partial charge in [-0.25, -0.2) is 0 Å². The first kappa shape index (κ1) is 24.6. The third-order valence-electron chi connectivity index (χ3n) is 12.6. The average molecular weight is 469 g/mol. The van der Waals surface area contributed by atoms with E-state index in [1.54, 1.807) is 11.1 Å². The van der Waals surface area contributed by atoms with Gasteiger partial charge in [-0.3, -0.25) is 9.59 Å². The number of rotatable bonds is 3. The molecule has 0 spiro atoms. The van der Waals surface area contributed by atoms with Crippen LogP contribution < -0.4 is 0 Å². The number of fused-ring (bicyclic) bond motifs is 4. The van der Waals surface area contributed by atoms with Crippen LogP contribution in [0.1, 0.15) is 113 Å². The molecule has 3 nitrogen and oxygen atoms in total. The molecule has 5 aliphatic rings. The number of hydrogen-bond acceptors (Lipinski definition) is 3. The van der Waals surface area contributed by atoms with Crippen LogP contribution in [0.2, 0.25) is 0 Å². The number of ketones is 1. The smallest absolute Gasteiger partial charge is 0.309 e. The summed E-state index contributed by atoms with van der Waals surface area (Å²) in [5, 5.41) is 0. The Morgan fingerprint density at radius 1 is 0.853 bits per heavy atom. The van der Waals surface area contributed by atoms with Gasteiger partial charge in [-0.05, 0) is 91.3 Å². The molecule has 3 heteroatoms. The summed E-state index contributed by atoms with van der Waals surface area (Å²) in [6.07, 6.45) is 10.0. The van der Waals surface area contributed by atoms with Gasteiger partial charge >= 0.3 is 5.97 Å². The number of esters is 1. The van der Waals surface area contributed by atoms with Gasteiger partial charge in [0.05, 0.1) is 5.92 Å². The summed E-state index contributed by atoms with van der Waals surface area (Å²) in [6, 6.07) is 0. The van der Waals surface area contributed by atoms with E-state index in [1.165, 1.54) is 32.1 Å². The molecule has 1 saturated heterocycles. The lowest BCUT2D eigenvalue weighted by Crippen LogP contribution is -2.54. The van der Waals surface area contributed by atoms with E-state index in [1.807, 2.05) is 0 Å². The lowest BCUT2D eigenvalue weighted by Gasteiger charge is -2.61. The number of cyclic esters (lactones) is 1. The molecule has 34 heavy (non-hydrogen) atoms. The standard InChI is InChI=1S/C31H48O3/c1-18(2)20-17-24(34-27(20)33)19(3)21-11-15-31(8)23-9-10-25-28(4,5)26(32)13-14-29(25,6)22(23)12-16-30(21,31)7/h18-21,24-25H,9-17H2,1-8H3/t19-,20+,21+,24-,25-,29+,30+,31-/m0/s1. The van der Waals surface area contributed by atoms with E-state index in [-0.39, 0.29) is 39.7 Å². The number of carbonyl (C=O) groups is 2. The molecular weight excluding hydrogens is 420 g/mol. The molecule has 0 unspecified atom stereocenters. The summed E-state index contributed by atoms with van der Waals surface area (Å²) in [4.78, 5) is 25.4. The molecule has 0 aromatic rings. The summed E-state index contributed by atoms with van der Waals surface area (Å²) in [5.41, 5.74) is 3.99. The summed E-state index contributed by atoms with van der Waals surface area (Å²) in [7, 11) is 0. The van der Waals surface area contributed by atoms with Crippen LogP contribution in [0.25, 0.3) is 0 Å². The van der Waals surface area contributed by atoms with E-state index in [0.717, 1.165) is 25.7 Å². The van der Waals surface area contributed by atoms with Crippen molar-refractivity contribution in [3.63, 3.8) is 0 Å². The lowest BCUT2D eigenvalue weighted by atomic mass is 9.43. The average Bonchev–Trinajstić information content (AvgIpc) is 3.28. The lowest BCUT2D eigenvalue weighted by molar-refractivity contribution is -0.148. The second kappa shape index (κ2) is 7.69. The molecule has 4 aliphatic carbocycles. The van der Waals surface area contributed by atoms with Crippen molar-refractivity contribution in [3.05, 3.63) is 11.1 Å². The highest BCUT2D eigenvalue weighted by molar-refractivity contribution is 5.85. The number of Topliss-reactive ketones (excluding diaryl/α,β-unsaturated/α-hetero) is 1. The summed E-state index contributed by atoms with van der Waals surface area (Å²) >= 11 is 0. The first-order valence-corrected chi connectivity index (χ1v) is 14.2. The van der Waals surface area contributed by atoms with Gasteiger partial charge in [0, 0.05) is 11.8 Å². The molecular formula is C31H48O3. The van der Waals surface area contributed by atoms with E-state index in [2.05, 4.69) is 55.4 Å². The first-order chi connectivity index (χ1) is 15.8. The van der Waals surface area contributed by atoms with Gasteiger partial charge in [-0.15, -0.1) is 0 Å². The van der Waals surface area contributed by atoms with E-state index in [9.17, 15) is 9.59 Å². The number of ether oxygens (including phenoxy) is 1. The zero-order valence-electron chi connectivity index (χ0n) is 23.1. The van der Waals surface area contributed by atoms with Gasteiger partial charge in [0.1, 0.15) is 11.9 Å². The molecule has 0 N–H and O–H groups in total. The molecule has 2 saturated carbocycles. The summed E-state index contributed by atoms with van der Waals surface area (Å²) in [6.45, 7) is 18.8. The fourth-order valence-corrected chi connectivity index (χ4v) is 10.1. The summed E-state index contributed by atoms with van der Waals surface area (Å²) in [5.74, 6) is 2.44. The van der Waals surface area contributed by atoms with Gasteiger partial charge in [0.15, 0.2) is 0 Å². The molecule has 1 aliphatic heterocycles. The predicted octanol–water partition coefficient (Wildman–Crippen LogP) is 7.53. The van der Waals surface area contributed by atoms with Crippen molar-refractivity contribution in [3.8, 4) is 0 Å². The van der Waals surface area contributed by atoms with E-state index < -0.39 is 0 Å². The monoisotopic (exact) mass is 468 g/mol. The van der Waals surface area contributed by atoms with Gasteiger partial charge in [-0.1, -0.05) is 66.5 Å². The quantitative estimate of drug-likeness (QED) is 0.317. The van der Waals surface area contributed by atoms with Gasteiger partial charge < -0.3 is 4.74 Å². The topological polar surface area (TPSA) is 43.4 Å². The van der Waals surface area contributed by atoms with Crippen molar-refractivity contribution in [2.75, 3.05) is 0 Å². The molecule has 0 bridgehead atoms. The van der Waals surface area contributed by atoms with E-state index >= 15 is 0 Å². The first-order valence-electron chi connectivity index (χ1n) is 14.2. The van der Waals surface area contributed by atoms with Crippen LogP contribution in [-0.4, -0.2) is 17.9 Å². The van der Waals surface area contributed by atoms with Crippen LogP contribution in [0.4, 0.5) is 0 Å². The SMILES string of the molecule is CC(C)[C@H]1C[C@@H]([C@@H](C)[C@H]2CC[C@@]3(C)C4=C(CC[C@]23C)[C@@]2(C)CCC(=O)C(C)(C)[C@@H]2CC4)OC1=O. The number of carbonyl (C=O) groups excluding carboxylic acids is 2. The van der Waals surface area contributed by atoms with Gasteiger partial charge in [0.2, 0.25) is 0 Å². The fraction of sp³-hybridized carbons (Fsp3) is 0.871. The van der Waals surface area contributed by atoms with Crippen molar-refractivity contribution in [2.45, 2.75) is 119 Å². The second-order valence-electron chi connectivity index (χ2n) is 14.4. The van der Waals surface area contributed by atoms with Crippen LogP contribution in [0, 0.1) is 51.2 Å². The maximum Gasteiger partial charge on any atom is 0.309 e.